The van der Waals surface area contributed by atoms with Gasteiger partial charge >= 0.3 is 5.97 Å². The van der Waals surface area contributed by atoms with Gasteiger partial charge in [-0.1, -0.05) is 30.3 Å². The molecule has 0 amide bonds. The minimum Gasteiger partial charge on any atom is -0.492 e. The van der Waals surface area contributed by atoms with Gasteiger partial charge in [0.15, 0.2) is 0 Å². The zero-order chi connectivity index (χ0) is 15.4. The number of hydrogen-bond acceptors (Lipinski definition) is 3. The summed E-state index contributed by atoms with van der Waals surface area (Å²) < 4.78 is 11.4. The van der Waals surface area contributed by atoms with E-state index >= 15 is 0 Å². The van der Waals surface area contributed by atoms with Crippen LogP contribution in [0.1, 0.15) is 17.5 Å². The molecule has 4 heteroatoms. The third kappa shape index (κ3) is 3.28. The van der Waals surface area contributed by atoms with E-state index in [2.05, 4.69) is 0 Å². The van der Waals surface area contributed by atoms with Crippen LogP contribution in [0.3, 0.4) is 0 Å². The lowest BCUT2D eigenvalue weighted by atomic mass is 9.99. The maximum Gasteiger partial charge on any atom is 0.328 e. The summed E-state index contributed by atoms with van der Waals surface area (Å²) >= 11 is 0. The monoisotopic (exact) mass is 296 g/mol. The molecule has 0 atom stereocenters. The molecule has 0 saturated heterocycles. The van der Waals surface area contributed by atoms with Gasteiger partial charge in [0.1, 0.15) is 18.1 Å². The first-order valence-corrected chi connectivity index (χ1v) is 7.10. The molecular weight excluding hydrogens is 280 g/mol. The van der Waals surface area contributed by atoms with E-state index in [4.69, 9.17) is 14.6 Å². The summed E-state index contributed by atoms with van der Waals surface area (Å²) in [5.41, 5.74) is 2.69. The zero-order valence-electron chi connectivity index (χ0n) is 12.0. The average molecular weight is 296 g/mol. The number of ether oxygens (including phenoxy) is 2. The fourth-order valence-corrected chi connectivity index (χ4v) is 2.42. The van der Waals surface area contributed by atoms with E-state index in [0.29, 0.717) is 31.1 Å². The van der Waals surface area contributed by atoms with Gasteiger partial charge in [0.2, 0.25) is 0 Å². The van der Waals surface area contributed by atoms with Crippen LogP contribution in [-0.4, -0.2) is 17.7 Å². The van der Waals surface area contributed by atoms with Crippen LogP contribution in [0.4, 0.5) is 0 Å². The van der Waals surface area contributed by atoms with Gasteiger partial charge in [0, 0.05) is 24.1 Å². The average Bonchev–Trinajstić information content (AvgIpc) is 2.53. The normalized spacial score (nSPS) is 15.0. The molecule has 0 unspecified atom stereocenters. The summed E-state index contributed by atoms with van der Waals surface area (Å²) in [6.07, 6.45) is 1.84. The highest BCUT2D eigenvalue weighted by molar-refractivity contribution is 5.91. The smallest absolute Gasteiger partial charge is 0.328 e. The maximum atomic E-state index is 10.9. The molecule has 1 aliphatic rings. The van der Waals surface area contributed by atoms with Gasteiger partial charge in [-0.15, -0.1) is 0 Å². The summed E-state index contributed by atoms with van der Waals surface area (Å²) in [4.78, 5) is 10.9. The van der Waals surface area contributed by atoms with Crippen LogP contribution in [0.15, 0.2) is 54.6 Å². The van der Waals surface area contributed by atoms with E-state index < -0.39 is 5.97 Å². The summed E-state index contributed by atoms with van der Waals surface area (Å²) in [6.45, 7) is 0.964. The summed E-state index contributed by atoms with van der Waals surface area (Å²) in [6, 6.07) is 15.4. The quantitative estimate of drug-likeness (QED) is 0.877. The Kier molecular flexibility index (Phi) is 4.10. The number of carboxylic acid groups (broad SMARTS) is 1. The standard InChI is InChI=1S/C18H16O4/c19-18(20)10-14-8-9-21-17-11-15(6-7-16(14)17)22-12-13-4-2-1-3-5-13/h1-7,10-11H,8-9,12H2,(H,19,20). The maximum absolute atomic E-state index is 10.9. The number of rotatable bonds is 4. The van der Waals surface area contributed by atoms with Crippen LogP contribution < -0.4 is 9.47 Å². The van der Waals surface area contributed by atoms with Crippen LogP contribution in [-0.2, 0) is 11.4 Å². The fourth-order valence-electron chi connectivity index (χ4n) is 2.42. The molecule has 0 aromatic heterocycles. The first kappa shape index (κ1) is 14.2. The minimum absolute atomic E-state index is 0.480. The summed E-state index contributed by atoms with van der Waals surface area (Å²) in [7, 11) is 0. The van der Waals surface area contributed by atoms with Crippen LogP contribution in [0.25, 0.3) is 5.57 Å². The highest BCUT2D eigenvalue weighted by atomic mass is 16.5. The van der Waals surface area contributed by atoms with Gasteiger partial charge in [-0.25, -0.2) is 4.79 Å². The molecule has 0 radical (unpaired) electrons. The summed E-state index contributed by atoms with van der Waals surface area (Å²) in [5, 5.41) is 8.91. The molecule has 4 nitrogen and oxygen atoms in total. The van der Waals surface area contributed by atoms with Crippen molar-refractivity contribution in [2.75, 3.05) is 6.61 Å². The van der Waals surface area contributed by atoms with Crippen LogP contribution in [0.2, 0.25) is 0 Å². The second-order valence-corrected chi connectivity index (χ2v) is 5.04. The van der Waals surface area contributed by atoms with Gasteiger partial charge < -0.3 is 14.6 Å². The topological polar surface area (TPSA) is 55.8 Å². The first-order chi connectivity index (χ1) is 10.7. The molecule has 0 spiro atoms. The molecule has 2 aromatic carbocycles. The second-order valence-electron chi connectivity index (χ2n) is 5.04. The van der Waals surface area contributed by atoms with Gasteiger partial charge in [-0.05, 0) is 23.3 Å². The van der Waals surface area contributed by atoms with Gasteiger partial charge in [0.05, 0.1) is 6.61 Å². The molecule has 0 aliphatic carbocycles. The number of aliphatic carboxylic acids is 1. The van der Waals surface area contributed by atoms with Crippen molar-refractivity contribution in [2.45, 2.75) is 13.0 Å². The Hall–Kier alpha value is -2.75. The Morgan fingerprint density at radius 2 is 2.05 bits per heavy atom. The highest BCUT2D eigenvalue weighted by Gasteiger charge is 2.17. The number of benzene rings is 2. The first-order valence-electron chi connectivity index (χ1n) is 7.10. The van der Waals surface area contributed by atoms with E-state index in [-0.39, 0.29) is 0 Å². The van der Waals surface area contributed by atoms with Crippen molar-refractivity contribution >= 4 is 11.5 Å². The van der Waals surface area contributed by atoms with Gasteiger partial charge in [0.25, 0.3) is 0 Å². The van der Waals surface area contributed by atoms with Crippen LogP contribution in [0.5, 0.6) is 11.5 Å². The highest BCUT2D eigenvalue weighted by Crippen LogP contribution is 2.35. The lowest BCUT2D eigenvalue weighted by molar-refractivity contribution is -0.131. The van der Waals surface area contributed by atoms with E-state index in [0.717, 1.165) is 16.7 Å². The molecule has 22 heavy (non-hydrogen) atoms. The Balaban J connectivity index is 1.78. The van der Waals surface area contributed by atoms with Crippen molar-refractivity contribution in [3.05, 3.63) is 65.7 Å². The number of carboxylic acids is 1. The molecule has 2 aromatic rings. The molecule has 0 saturated carbocycles. The zero-order valence-corrected chi connectivity index (χ0v) is 12.0. The predicted molar refractivity (Wildman–Crippen MR) is 82.9 cm³/mol. The minimum atomic E-state index is -0.938. The predicted octanol–water partition coefficient (Wildman–Crippen LogP) is 3.52. The van der Waals surface area contributed by atoms with E-state index in [1.54, 1.807) is 0 Å². The number of carbonyl (C=O) groups is 1. The molecule has 1 heterocycles. The number of hydrogen-bond donors (Lipinski definition) is 1. The van der Waals surface area contributed by atoms with E-state index in [9.17, 15) is 4.79 Å². The largest absolute Gasteiger partial charge is 0.492 e. The van der Waals surface area contributed by atoms with Gasteiger partial charge in [-0.3, -0.25) is 0 Å². The van der Waals surface area contributed by atoms with Crippen molar-refractivity contribution in [3.8, 4) is 11.5 Å². The molecule has 3 rings (SSSR count). The Bertz CT molecular complexity index is 704. The Morgan fingerprint density at radius 3 is 2.82 bits per heavy atom. The lowest BCUT2D eigenvalue weighted by Gasteiger charge is -2.20. The molecule has 1 aliphatic heterocycles. The SMILES string of the molecule is O=C(O)C=C1CCOc2cc(OCc3ccccc3)ccc21. The van der Waals surface area contributed by atoms with Crippen molar-refractivity contribution in [3.63, 3.8) is 0 Å². The van der Waals surface area contributed by atoms with Crippen LogP contribution in [0, 0.1) is 0 Å². The lowest BCUT2D eigenvalue weighted by Crippen LogP contribution is -2.09. The molecule has 0 bridgehead atoms. The van der Waals surface area contributed by atoms with Crippen molar-refractivity contribution in [1.82, 2.24) is 0 Å². The molecule has 1 N–H and O–H groups in total. The van der Waals surface area contributed by atoms with Crippen LogP contribution >= 0.6 is 0 Å². The van der Waals surface area contributed by atoms with Crippen molar-refractivity contribution < 1.29 is 19.4 Å². The molecule has 112 valence electrons. The third-order valence-corrected chi connectivity index (χ3v) is 3.47. The molecule has 0 fully saturated rings. The Labute approximate surface area is 128 Å². The third-order valence-electron chi connectivity index (χ3n) is 3.47. The van der Waals surface area contributed by atoms with E-state index in [1.165, 1.54) is 6.08 Å². The fraction of sp³-hybridized carbons (Fsp3) is 0.167. The summed E-state index contributed by atoms with van der Waals surface area (Å²) in [5.74, 6) is 0.441. The van der Waals surface area contributed by atoms with E-state index in [1.807, 2.05) is 48.5 Å². The van der Waals surface area contributed by atoms with Crippen molar-refractivity contribution in [1.29, 1.82) is 0 Å². The molecular formula is C18H16O4. The van der Waals surface area contributed by atoms with Crippen molar-refractivity contribution in [2.24, 2.45) is 0 Å². The Morgan fingerprint density at radius 1 is 1.23 bits per heavy atom. The number of fused-ring (bicyclic) bond motifs is 1. The second kappa shape index (κ2) is 6.35. The van der Waals surface area contributed by atoms with Gasteiger partial charge in [-0.2, -0.15) is 0 Å².